The molecule has 1 fully saturated rings. The maximum absolute atomic E-state index is 13.8. The van der Waals surface area contributed by atoms with Gasteiger partial charge in [0.05, 0.1) is 17.9 Å². The van der Waals surface area contributed by atoms with Gasteiger partial charge < -0.3 is 25.0 Å². The first-order valence-electron chi connectivity index (χ1n) is 13.9. The van der Waals surface area contributed by atoms with Crippen molar-refractivity contribution in [1.29, 1.82) is 0 Å². The molecule has 42 heavy (non-hydrogen) atoms. The molecule has 0 bridgehead atoms. The number of fused-ring (bicyclic) bond motifs is 1. The van der Waals surface area contributed by atoms with Crippen molar-refractivity contribution >= 4 is 29.6 Å². The van der Waals surface area contributed by atoms with Crippen LogP contribution in [0, 0.1) is 5.82 Å². The SMILES string of the molecule is CC1CN(CC(=O)N2CC(C)(C(=O)NCC(=O)O)c3ncc(Cc4ccc(F)cc4)cc32)CCN1C(=O)OC(C)(C)C. The number of hydrogen-bond acceptors (Lipinski definition) is 7. The van der Waals surface area contributed by atoms with Gasteiger partial charge in [-0.15, -0.1) is 0 Å². The molecule has 4 rings (SSSR count). The van der Waals surface area contributed by atoms with Crippen molar-refractivity contribution in [2.24, 2.45) is 0 Å². The molecule has 12 heteroatoms. The van der Waals surface area contributed by atoms with Crippen molar-refractivity contribution in [3.05, 3.63) is 59.2 Å². The summed E-state index contributed by atoms with van der Waals surface area (Å²) in [7, 11) is 0. The number of nitrogens with zero attached hydrogens (tertiary/aromatic N) is 4. The third kappa shape index (κ3) is 7.04. The molecular weight excluding hydrogens is 545 g/mol. The lowest BCUT2D eigenvalue weighted by Gasteiger charge is -2.40. The summed E-state index contributed by atoms with van der Waals surface area (Å²) in [5.74, 6) is -2.31. The Hall–Kier alpha value is -4.06. The van der Waals surface area contributed by atoms with Crippen molar-refractivity contribution in [2.45, 2.75) is 58.1 Å². The molecule has 2 unspecified atom stereocenters. The highest BCUT2D eigenvalue weighted by atomic mass is 19.1. The van der Waals surface area contributed by atoms with E-state index >= 15 is 0 Å². The minimum absolute atomic E-state index is 0.00690. The second kappa shape index (κ2) is 12.0. The number of benzene rings is 1. The van der Waals surface area contributed by atoms with Crippen LogP contribution in [0.5, 0.6) is 0 Å². The van der Waals surface area contributed by atoms with Crippen LogP contribution in [0.2, 0.25) is 0 Å². The number of rotatable bonds is 7. The predicted octanol–water partition coefficient (Wildman–Crippen LogP) is 2.56. The van der Waals surface area contributed by atoms with Crippen LogP contribution in [-0.2, 0) is 31.0 Å². The molecule has 2 atom stereocenters. The Morgan fingerprint density at radius 1 is 1.14 bits per heavy atom. The fraction of sp³-hybridized carbons (Fsp3) is 0.500. The fourth-order valence-corrected chi connectivity index (χ4v) is 5.33. The van der Waals surface area contributed by atoms with Crippen LogP contribution >= 0.6 is 0 Å². The van der Waals surface area contributed by atoms with Crippen molar-refractivity contribution < 1.29 is 33.4 Å². The van der Waals surface area contributed by atoms with E-state index in [2.05, 4.69) is 10.3 Å². The van der Waals surface area contributed by atoms with Crippen LogP contribution in [0.25, 0.3) is 0 Å². The Labute approximate surface area is 244 Å². The third-order valence-electron chi connectivity index (χ3n) is 7.43. The number of pyridine rings is 1. The van der Waals surface area contributed by atoms with E-state index in [-0.39, 0.29) is 30.9 Å². The standard InChI is InChI=1S/C30H38FN5O6/c1-19-16-34(10-11-35(19)28(41)42-29(2,3)4)17-24(37)36-18-30(5,27(40)33-15-25(38)39)26-23(36)13-21(14-32-26)12-20-6-8-22(31)9-7-20/h6-9,13-14,19H,10-12,15-18H2,1-5H3,(H,33,40)(H,38,39). The van der Waals surface area contributed by atoms with E-state index in [4.69, 9.17) is 9.84 Å². The van der Waals surface area contributed by atoms with Crippen LogP contribution in [0.3, 0.4) is 0 Å². The molecule has 2 aliphatic heterocycles. The number of aromatic nitrogens is 1. The summed E-state index contributed by atoms with van der Waals surface area (Å²) < 4.78 is 18.9. The molecule has 11 nitrogen and oxygen atoms in total. The maximum atomic E-state index is 13.8. The van der Waals surface area contributed by atoms with Gasteiger partial charge in [0.25, 0.3) is 0 Å². The van der Waals surface area contributed by atoms with Gasteiger partial charge in [0.15, 0.2) is 0 Å². The summed E-state index contributed by atoms with van der Waals surface area (Å²) in [6.45, 7) is 9.81. The first kappa shape index (κ1) is 30.9. The first-order valence-corrected chi connectivity index (χ1v) is 13.9. The molecule has 1 aromatic heterocycles. The van der Waals surface area contributed by atoms with E-state index in [1.165, 1.54) is 17.0 Å². The van der Waals surface area contributed by atoms with E-state index in [0.29, 0.717) is 37.4 Å². The number of carbonyl (C=O) groups excluding carboxylic acids is 3. The maximum Gasteiger partial charge on any atom is 0.410 e. The van der Waals surface area contributed by atoms with Crippen molar-refractivity contribution in [2.75, 3.05) is 44.2 Å². The normalized spacial score (nSPS) is 20.7. The van der Waals surface area contributed by atoms with Gasteiger partial charge in [0.2, 0.25) is 11.8 Å². The number of carboxylic acid groups (broad SMARTS) is 1. The topological polar surface area (TPSA) is 132 Å². The Balaban J connectivity index is 1.54. The molecule has 3 heterocycles. The number of ether oxygens (including phenoxy) is 1. The summed E-state index contributed by atoms with van der Waals surface area (Å²) in [4.78, 5) is 60.4. The lowest BCUT2D eigenvalue weighted by atomic mass is 9.87. The highest BCUT2D eigenvalue weighted by Gasteiger charge is 2.48. The molecule has 2 aliphatic rings. The Morgan fingerprint density at radius 3 is 2.45 bits per heavy atom. The molecule has 1 saturated heterocycles. The molecule has 226 valence electrons. The zero-order valence-electron chi connectivity index (χ0n) is 24.6. The Kier molecular flexibility index (Phi) is 8.86. The highest BCUT2D eigenvalue weighted by molar-refractivity contribution is 6.02. The lowest BCUT2D eigenvalue weighted by Crippen LogP contribution is -2.57. The molecule has 0 spiro atoms. The average molecular weight is 584 g/mol. The number of amides is 3. The van der Waals surface area contributed by atoms with Gasteiger partial charge in [-0.25, -0.2) is 9.18 Å². The summed E-state index contributed by atoms with van der Waals surface area (Å²) in [5, 5.41) is 11.5. The third-order valence-corrected chi connectivity index (χ3v) is 7.43. The largest absolute Gasteiger partial charge is 0.480 e. The summed E-state index contributed by atoms with van der Waals surface area (Å²) in [6, 6.07) is 7.73. The smallest absolute Gasteiger partial charge is 0.410 e. The van der Waals surface area contributed by atoms with Crippen molar-refractivity contribution in [3.8, 4) is 0 Å². The van der Waals surface area contributed by atoms with E-state index in [0.717, 1.165) is 11.1 Å². The second-order valence-corrected chi connectivity index (χ2v) is 12.2. The fourth-order valence-electron chi connectivity index (χ4n) is 5.33. The minimum atomic E-state index is -1.27. The molecule has 0 saturated carbocycles. The van der Waals surface area contributed by atoms with Gasteiger partial charge in [-0.05, 0) is 70.4 Å². The van der Waals surface area contributed by atoms with Gasteiger partial charge in [-0.2, -0.15) is 0 Å². The number of halogens is 1. The lowest BCUT2D eigenvalue weighted by molar-refractivity contribution is -0.138. The van der Waals surface area contributed by atoms with Crippen molar-refractivity contribution in [1.82, 2.24) is 20.1 Å². The summed E-state index contributed by atoms with van der Waals surface area (Å²) in [6.07, 6.45) is 1.67. The zero-order valence-corrected chi connectivity index (χ0v) is 24.6. The summed E-state index contributed by atoms with van der Waals surface area (Å²) in [5.41, 5.74) is 0.607. The van der Waals surface area contributed by atoms with Crippen LogP contribution in [0.4, 0.5) is 14.9 Å². The van der Waals surface area contributed by atoms with Gasteiger partial charge in [0.1, 0.15) is 23.4 Å². The number of anilines is 1. The molecule has 2 N–H and O–H groups in total. The number of carboxylic acids is 1. The van der Waals surface area contributed by atoms with Crippen molar-refractivity contribution in [3.63, 3.8) is 0 Å². The first-order chi connectivity index (χ1) is 19.7. The van der Waals surface area contributed by atoms with Gasteiger partial charge in [0, 0.05) is 38.4 Å². The number of carbonyl (C=O) groups is 4. The van der Waals surface area contributed by atoms with E-state index in [9.17, 15) is 23.6 Å². The molecular formula is C30H38FN5O6. The molecule has 0 radical (unpaired) electrons. The molecule has 1 aromatic carbocycles. The Bertz CT molecular complexity index is 1360. The van der Waals surface area contributed by atoms with Gasteiger partial charge >= 0.3 is 12.1 Å². The minimum Gasteiger partial charge on any atom is -0.480 e. The monoisotopic (exact) mass is 583 g/mol. The molecule has 0 aliphatic carbocycles. The van der Waals surface area contributed by atoms with E-state index in [1.807, 2.05) is 38.7 Å². The van der Waals surface area contributed by atoms with Gasteiger partial charge in [-0.3, -0.25) is 24.3 Å². The van der Waals surface area contributed by atoms with Crippen LogP contribution in [0.1, 0.15) is 51.4 Å². The highest BCUT2D eigenvalue weighted by Crippen LogP contribution is 2.40. The van der Waals surface area contributed by atoms with Gasteiger partial charge in [-0.1, -0.05) is 12.1 Å². The second-order valence-electron chi connectivity index (χ2n) is 12.2. The summed E-state index contributed by atoms with van der Waals surface area (Å²) >= 11 is 0. The Morgan fingerprint density at radius 2 is 1.83 bits per heavy atom. The number of aliphatic carboxylic acids is 1. The average Bonchev–Trinajstić information content (AvgIpc) is 3.20. The quantitative estimate of drug-likeness (QED) is 0.509. The van der Waals surface area contributed by atoms with Crippen LogP contribution in [-0.4, -0.2) is 94.7 Å². The molecule has 3 amide bonds. The molecule has 2 aromatic rings. The van der Waals surface area contributed by atoms with E-state index in [1.54, 1.807) is 30.2 Å². The van der Waals surface area contributed by atoms with Crippen LogP contribution in [0.15, 0.2) is 36.5 Å². The number of piperazine rings is 1. The van der Waals surface area contributed by atoms with E-state index < -0.39 is 35.5 Å². The zero-order chi connectivity index (χ0) is 30.8. The predicted molar refractivity (Wildman–Crippen MR) is 153 cm³/mol. The van der Waals surface area contributed by atoms with Crippen LogP contribution < -0.4 is 10.2 Å². The number of nitrogens with one attached hydrogen (secondary N) is 1. The number of hydrogen-bond donors (Lipinski definition) is 2.